The Hall–Kier alpha value is -0.860. The van der Waals surface area contributed by atoms with Crippen molar-refractivity contribution in [1.29, 1.82) is 0 Å². The summed E-state index contributed by atoms with van der Waals surface area (Å²) in [6.07, 6.45) is 4.06. The molecule has 2 rings (SSSR count). The highest BCUT2D eigenvalue weighted by Crippen LogP contribution is 2.38. The maximum absolute atomic E-state index is 10.5. The van der Waals surface area contributed by atoms with Crippen molar-refractivity contribution in [3.8, 4) is 0 Å². The Bertz CT molecular complexity index is 363. The number of nitrogens with two attached hydrogens (primary N) is 1. The predicted octanol–water partition coefficient (Wildman–Crippen LogP) is 2.90. The van der Waals surface area contributed by atoms with E-state index >= 15 is 0 Å². The van der Waals surface area contributed by atoms with E-state index in [0.29, 0.717) is 5.92 Å². The van der Waals surface area contributed by atoms with Crippen molar-refractivity contribution < 1.29 is 5.11 Å². The topological polar surface area (TPSA) is 46.2 Å². The Morgan fingerprint density at radius 2 is 1.65 bits per heavy atom. The van der Waals surface area contributed by atoms with Crippen molar-refractivity contribution in [2.45, 2.75) is 57.1 Å². The molecule has 0 aromatic heterocycles. The molecule has 3 N–H and O–H groups in total. The van der Waals surface area contributed by atoms with Crippen LogP contribution in [-0.4, -0.2) is 11.1 Å². The zero-order valence-corrected chi connectivity index (χ0v) is 10.8. The summed E-state index contributed by atoms with van der Waals surface area (Å²) in [6.45, 7) is 4.17. The molecule has 94 valence electrons. The third-order valence-electron chi connectivity index (χ3n) is 4.19. The normalized spacial score (nSPS) is 22.4. The molecule has 0 radical (unpaired) electrons. The Labute approximate surface area is 104 Å². The molecule has 17 heavy (non-hydrogen) atoms. The van der Waals surface area contributed by atoms with Gasteiger partial charge in [-0.25, -0.2) is 0 Å². The molecule has 1 saturated carbocycles. The van der Waals surface area contributed by atoms with E-state index in [1.807, 2.05) is 6.92 Å². The second-order valence-corrected chi connectivity index (χ2v) is 5.51. The molecule has 1 aliphatic carbocycles. The van der Waals surface area contributed by atoms with Crippen LogP contribution in [-0.2, 0) is 5.60 Å². The van der Waals surface area contributed by atoms with Crippen LogP contribution in [0.25, 0.3) is 0 Å². The average molecular weight is 233 g/mol. The predicted molar refractivity (Wildman–Crippen MR) is 70.9 cm³/mol. The second kappa shape index (κ2) is 4.79. The molecule has 0 bridgehead atoms. The lowest BCUT2D eigenvalue weighted by molar-refractivity contribution is 0.0444. The first-order valence-electron chi connectivity index (χ1n) is 6.61. The molecule has 0 amide bonds. The van der Waals surface area contributed by atoms with E-state index in [9.17, 15) is 5.11 Å². The molecule has 0 saturated heterocycles. The number of hydrogen-bond acceptors (Lipinski definition) is 2. The summed E-state index contributed by atoms with van der Waals surface area (Å²) >= 11 is 0. The summed E-state index contributed by atoms with van der Waals surface area (Å²) in [6, 6.07) is 8.52. The third-order valence-corrected chi connectivity index (χ3v) is 4.19. The van der Waals surface area contributed by atoms with Gasteiger partial charge in [-0.1, -0.05) is 44.0 Å². The first-order valence-corrected chi connectivity index (χ1v) is 6.61. The molecule has 0 aliphatic heterocycles. The van der Waals surface area contributed by atoms with Crippen molar-refractivity contribution in [1.82, 2.24) is 0 Å². The summed E-state index contributed by atoms with van der Waals surface area (Å²) < 4.78 is 0. The van der Waals surface area contributed by atoms with Crippen molar-refractivity contribution in [3.05, 3.63) is 35.4 Å². The van der Waals surface area contributed by atoms with E-state index in [0.717, 1.165) is 31.2 Å². The molecule has 1 aromatic carbocycles. The molecule has 1 aromatic rings. The SMILES string of the molecule is CC(N)C(C)c1ccc(C2(O)CCCC2)cc1. The highest BCUT2D eigenvalue weighted by molar-refractivity contribution is 5.30. The number of rotatable bonds is 3. The van der Waals surface area contributed by atoms with Crippen LogP contribution in [0.5, 0.6) is 0 Å². The van der Waals surface area contributed by atoms with Crippen LogP contribution in [0.1, 0.15) is 56.6 Å². The molecular weight excluding hydrogens is 210 g/mol. The largest absolute Gasteiger partial charge is 0.385 e. The third kappa shape index (κ3) is 2.53. The van der Waals surface area contributed by atoms with Crippen LogP contribution in [0.2, 0.25) is 0 Å². The van der Waals surface area contributed by atoms with Gasteiger partial charge in [0, 0.05) is 6.04 Å². The monoisotopic (exact) mass is 233 g/mol. The maximum atomic E-state index is 10.5. The first kappa shape index (κ1) is 12.6. The van der Waals surface area contributed by atoms with E-state index in [-0.39, 0.29) is 6.04 Å². The zero-order valence-electron chi connectivity index (χ0n) is 10.8. The van der Waals surface area contributed by atoms with Crippen LogP contribution in [0.3, 0.4) is 0 Å². The fourth-order valence-corrected chi connectivity index (χ4v) is 2.65. The van der Waals surface area contributed by atoms with Crippen molar-refractivity contribution in [2.75, 3.05) is 0 Å². The van der Waals surface area contributed by atoms with Gasteiger partial charge in [0.05, 0.1) is 5.60 Å². The summed E-state index contributed by atoms with van der Waals surface area (Å²) in [5.41, 5.74) is 7.65. The lowest BCUT2D eigenvalue weighted by Crippen LogP contribution is -2.23. The fourth-order valence-electron chi connectivity index (χ4n) is 2.65. The van der Waals surface area contributed by atoms with Gasteiger partial charge in [-0.05, 0) is 36.8 Å². The zero-order chi connectivity index (χ0) is 12.5. The average Bonchev–Trinajstić information content (AvgIpc) is 2.76. The smallest absolute Gasteiger partial charge is 0.0896 e. The molecule has 0 spiro atoms. The molecule has 1 aliphatic rings. The lowest BCUT2D eigenvalue weighted by atomic mass is 9.88. The van der Waals surface area contributed by atoms with Gasteiger partial charge in [0.25, 0.3) is 0 Å². The minimum atomic E-state index is -0.573. The molecule has 1 fully saturated rings. The van der Waals surface area contributed by atoms with Crippen molar-refractivity contribution in [3.63, 3.8) is 0 Å². The van der Waals surface area contributed by atoms with Crippen molar-refractivity contribution >= 4 is 0 Å². The summed E-state index contributed by atoms with van der Waals surface area (Å²) in [7, 11) is 0. The minimum Gasteiger partial charge on any atom is -0.385 e. The van der Waals surface area contributed by atoms with Crippen LogP contribution in [0, 0.1) is 0 Å². The fraction of sp³-hybridized carbons (Fsp3) is 0.600. The van der Waals surface area contributed by atoms with Gasteiger partial charge in [-0.2, -0.15) is 0 Å². The van der Waals surface area contributed by atoms with Crippen LogP contribution in [0.4, 0.5) is 0 Å². The Morgan fingerprint density at radius 3 is 2.12 bits per heavy atom. The highest BCUT2D eigenvalue weighted by Gasteiger charge is 2.32. The number of hydrogen-bond donors (Lipinski definition) is 2. The Morgan fingerprint density at radius 1 is 1.12 bits per heavy atom. The quantitative estimate of drug-likeness (QED) is 0.843. The van der Waals surface area contributed by atoms with Gasteiger partial charge in [0.2, 0.25) is 0 Å². The maximum Gasteiger partial charge on any atom is 0.0896 e. The van der Waals surface area contributed by atoms with Gasteiger partial charge in [-0.3, -0.25) is 0 Å². The van der Waals surface area contributed by atoms with E-state index in [1.165, 1.54) is 5.56 Å². The summed E-state index contributed by atoms with van der Waals surface area (Å²) in [4.78, 5) is 0. The lowest BCUT2D eigenvalue weighted by Gasteiger charge is -2.24. The van der Waals surface area contributed by atoms with Crippen LogP contribution < -0.4 is 5.73 Å². The molecule has 2 nitrogen and oxygen atoms in total. The summed E-state index contributed by atoms with van der Waals surface area (Å²) in [5, 5.41) is 10.5. The van der Waals surface area contributed by atoms with Crippen molar-refractivity contribution in [2.24, 2.45) is 5.73 Å². The van der Waals surface area contributed by atoms with Gasteiger partial charge in [0.15, 0.2) is 0 Å². The molecule has 2 unspecified atom stereocenters. The standard InChI is InChI=1S/C15H23NO/c1-11(12(2)16)13-5-7-14(8-6-13)15(17)9-3-4-10-15/h5-8,11-12,17H,3-4,9-10,16H2,1-2H3. The van der Waals surface area contributed by atoms with E-state index in [4.69, 9.17) is 5.73 Å². The van der Waals surface area contributed by atoms with E-state index < -0.39 is 5.60 Å². The van der Waals surface area contributed by atoms with E-state index in [1.54, 1.807) is 0 Å². The molecule has 2 atom stereocenters. The number of aliphatic hydroxyl groups is 1. The molecule has 0 heterocycles. The summed E-state index contributed by atoms with van der Waals surface area (Å²) in [5.74, 6) is 0.363. The number of benzene rings is 1. The van der Waals surface area contributed by atoms with E-state index in [2.05, 4.69) is 31.2 Å². The Kier molecular flexibility index (Phi) is 3.55. The van der Waals surface area contributed by atoms with Crippen LogP contribution >= 0.6 is 0 Å². The first-order chi connectivity index (χ1) is 8.03. The second-order valence-electron chi connectivity index (χ2n) is 5.51. The molecular formula is C15H23NO. The van der Waals surface area contributed by atoms with Crippen LogP contribution in [0.15, 0.2) is 24.3 Å². The van der Waals surface area contributed by atoms with Gasteiger partial charge >= 0.3 is 0 Å². The molecule has 2 heteroatoms. The van der Waals surface area contributed by atoms with Gasteiger partial charge in [-0.15, -0.1) is 0 Å². The van der Waals surface area contributed by atoms with Gasteiger partial charge < -0.3 is 10.8 Å². The highest BCUT2D eigenvalue weighted by atomic mass is 16.3. The van der Waals surface area contributed by atoms with Gasteiger partial charge in [0.1, 0.15) is 0 Å². The minimum absolute atomic E-state index is 0.162. The Balaban J connectivity index is 2.18.